The average Bonchev–Trinajstić information content (AvgIpc) is 4.31. The zero-order valence-corrected chi connectivity index (χ0v) is 46.6. The maximum Gasteiger partial charge on any atom is 0.293 e. The number of pyridine rings is 3. The van der Waals surface area contributed by atoms with Crippen molar-refractivity contribution in [1.29, 1.82) is 0 Å². The van der Waals surface area contributed by atoms with Crippen molar-refractivity contribution in [2.24, 2.45) is 0 Å². The summed E-state index contributed by atoms with van der Waals surface area (Å²) in [6.07, 6.45) is 19.3. The highest BCUT2D eigenvalue weighted by Crippen LogP contribution is 2.38. The molecule has 3 fully saturated rings. The lowest BCUT2D eigenvalue weighted by Gasteiger charge is -2.28. The van der Waals surface area contributed by atoms with E-state index in [4.69, 9.17) is 30.1 Å². The Morgan fingerprint density at radius 3 is 2.03 bits per heavy atom. The van der Waals surface area contributed by atoms with Gasteiger partial charge in [0.05, 0.1) is 82.6 Å². The summed E-state index contributed by atoms with van der Waals surface area (Å²) in [5.74, 6) is 2.07. The Morgan fingerprint density at radius 2 is 1.45 bits per heavy atom. The van der Waals surface area contributed by atoms with E-state index in [1.165, 1.54) is 44.1 Å². The highest BCUT2D eigenvalue weighted by molar-refractivity contribution is 5.84. The minimum absolute atomic E-state index is 0.0849. The van der Waals surface area contributed by atoms with E-state index in [1.54, 1.807) is 6.20 Å². The second-order valence-corrected chi connectivity index (χ2v) is 19.4. The molecule has 1 atom stereocenters. The molecule has 18 heteroatoms. The number of fused-ring (bicyclic) bond motifs is 1. The molecule has 3 aliphatic rings. The number of aryl methyl sites for hydroxylation is 2. The lowest BCUT2D eigenvalue weighted by atomic mass is 10.1. The van der Waals surface area contributed by atoms with Crippen LogP contribution in [0.15, 0.2) is 84.0 Å². The number of anilines is 3. The van der Waals surface area contributed by atoms with Crippen LogP contribution in [0.1, 0.15) is 79.1 Å². The maximum absolute atomic E-state index is 15.2. The van der Waals surface area contributed by atoms with Gasteiger partial charge in [-0.05, 0) is 126 Å². The predicted molar refractivity (Wildman–Crippen MR) is 306 cm³/mol. The van der Waals surface area contributed by atoms with Crippen LogP contribution >= 0.6 is 0 Å². The SMILES string of the molecule is C#CCOCCOCCOCCOCCOCCC=O.CNc1ccc(COC=O)cc1.Cc1cc(CNCc2cn(C3CC3)c3cc(N4CC[C@H](N(C)C)C4)c(F)cc3c2=O)ccn1.Cc1ccc(N2CCCCC2)cn1. The number of nitrogens with zero attached hydrogens (tertiary/aromatic N) is 6. The quantitative estimate of drug-likeness (QED) is 0.0284. The van der Waals surface area contributed by atoms with Crippen LogP contribution in [0.3, 0.4) is 0 Å². The summed E-state index contributed by atoms with van der Waals surface area (Å²) < 4.78 is 48.0. The summed E-state index contributed by atoms with van der Waals surface area (Å²) in [4.78, 5) is 48.4. The van der Waals surface area contributed by atoms with Crippen molar-refractivity contribution in [2.75, 3.05) is 129 Å². The van der Waals surface area contributed by atoms with Crippen molar-refractivity contribution in [3.8, 4) is 12.3 Å². The second kappa shape index (κ2) is 36.0. The minimum Gasteiger partial charge on any atom is -0.463 e. The Balaban J connectivity index is 0.000000211. The van der Waals surface area contributed by atoms with Gasteiger partial charge in [0.25, 0.3) is 6.47 Å². The third-order valence-electron chi connectivity index (χ3n) is 13.2. The van der Waals surface area contributed by atoms with Gasteiger partial charge < -0.3 is 63.1 Å². The molecule has 0 radical (unpaired) electrons. The van der Waals surface area contributed by atoms with E-state index in [-0.39, 0.29) is 11.2 Å². The van der Waals surface area contributed by atoms with Gasteiger partial charge in [-0.1, -0.05) is 18.1 Å². The molecule has 0 unspecified atom stereocenters. The van der Waals surface area contributed by atoms with Gasteiger partial charge in [0, 0.05) is 105 Å². The van der Waals surface area contributed by atoms with Gasteiger partial charge in [-0.3, -0.25) is 19.6 Å². The Bertz CT molecular complexity index is 2600. The number of hydrogen-bond acceptors (Lipinski definition) is 16. The number of benzene rings is 2. The molecule has 0 bridgehead atoms. The number of aldehydes is 1. The van der Waals surface area contributed by atoms with Crippen LogP contribution in [0, 0.1) is 32.0 Å². The molecule has 2 saturated heterocycles. The number of nitrogens with one attached hydrogen (secondary N) is 2. The van der Waals surface area contributed by atoms with E-state index in [0.29, 0.717) is 127 Å². The summed E-state index contributed by atoms with van der Waals surface area (Å²) in [5.41, 5.74) is 8.57. The number of rotatable bonds is 28. The van der Waals surface area contributed by atoms with Gasteiger partial charge in [0.1, 0.15) is 25.3 Å². The fraction of sp³-hybridized carbons (Fsp3) is 0.517. The summed E-state index contributed by atoms with van der Waals surface area (Å²) in [5, 5.41) is 6.85. The summed E-state index contributed by atoms with van der Waals surface area (Å²) in [6.45, 7) is 14.8. The summed E-state index contributed by atoms with van der Waals surface area (Å²) in [6, 6.07) is 20.1. The van der Waals surface area contributed by atoms with Crippen LogP contribution in [0.4, 0.5) is 21.5 Å². The number of halogens is 1. The van der Waals surface area contributed by atoms with Crippen molar-refractivity contribution in [3.05, 3.63) is 123 Å². The Morgan fingerprint density at radius 1 is 0.769 bits per heavy atom. The first-order valence-electron chi connectivity index (χ1n) is 27.2. The van der Waals surface area contributed by atoms with E-state index >= 15 is 4.39 Å². The number of aromatic nitrogens is 3. The minimum atomic E-state index is -0.307. The van der Waals surface area contributed by atoms with E-state index in [1.807, 2.05) is 75.8 Å². The summed E-state index contributed by atoms with van der Waals surface area (Å²) >= 11 is 0. The van der Waals surface area contributed by atoms with Crippen LogP contribution in [0.25, 0.3) is 10.9 Å². The highest BCUT2D eigenvalue weighted by atomic mass is 19.1. The van der Waals surface area contributed by atoms with Crippen LogP contribution in [0.2, 0.25) is 0 Å². The molecular weight excluding hydrogens is 996 g/mol. The monoisotopic (exact) mass is 1080 g/mol. The maximum atomic E-state index is 15.2. The highest BCUT2D eigenvalue weighted by Gasteiger charge is 2.29. The predicted octanol–water partition coefficient (Wildman–Crippen LogP) is 7.68. The first-order valence-corrected chi connectivity index (χ1v) is 27.2. The van der Waals surface area contributed by atoms with Gasteiger partial charge in [-0.2, -0.15) is 0 Å². The fourth-order valence-corrected chi connectivity index (χ4v) is 8.72. The lowest BCUT2D eigenvalue weighted by Crippen LogP contribution is -2.31. The Kier molecular flexibility index (Phi) is 28.9. The standard InChI is InChI=1S/C26H32FN5O.C14H24O6.C11H16N2.C9H11NO2/c1-17-10-18(6-8-29-17)13-28-14-19-15-32(20-4-5-20)24-12-25(23(27)11-22(24)26(19)33)31-9-7-21(16-31)30(2)3;1-2-5-16-7-9-18-11-13-20-14-12-19-10-8-17-6-3-4-15;1-10-5-6-11(9-12-10)13-7-3-2-4-8-13;1-10-9-4-2-8(3-5-9)6-12-7-11/h6,8,10-12,15,20-21,28H,4-5,7,9,13-14,16H2,1-3H3;1,4H,3,5-14H2;5-6,9H,2-4,7-8H2,1H3;2-5,7,10H,6H2,1H3/t21-;;;/m0.../s1. The largest absolute Gasteiger partial charge is 0.463 e. The molecule has 8 rings (SSSR count). The van der Waals surface area contributed by atoms with Crippen molar-refractivity contribution < 1.29 is 42.4 Å². The molecule has 0 spiro atoms. The number of piperidine rings is 1. The van der Waals surface area contributed by atoms with E-state index in [2.05, 4.69) is 76.8 Å². The van der Waals surface area contributed by atoms with Gasteiger partial charge in [0.2, 0.25) is 0 Å². The van der Waals surface area contributed by atoms with Gasteiger partial charge in [-0.15, -0.1) is 6.42 Å². The molecule has 5 aromatic rings. The topological polar surface area (TPSA) is 171 Å². The Hall–Kier alpha value is -6.30. The normalized spacial score (nSPS) is 14.8. The molecule has 0 amide bonds. The third-order valence-corrected chi connectivity index (χ3v) is 13.2. The summed E-state index contributed by atoms with van der Waals surface area (Å²) in [7, 11) is 6.00. The molecule has 1 aliphatic carbocycles. The second-order valence-electron chi connectivity index (χ2n) is 19.4. The number of terminal acetylenes is 1. The van der Waals surface area contributed by atoms with E-state index < -0.39 is 0 Å². The lowest BCUT2D eigenvalue weighted by molar-refractivity contribution is -0.129. The first-order chi connectivity index (χ1) is 38.0. The molecule has 2 aromatic carbocycles. The number of carbonyl (C=O) groups excluding carboxylic acids is 2. The van der Waals surface area contributed by atoms with E-state index in [9.17, 15) is 14.4 Å². The van der Waals surface area contributed by atoms with Crippen LogP contribution < -0.4 is 25.9 Å². The van der Waals surface area contributed by atoms with Crippen molar-refractivity contribution >= 4 is 40.7 Å². The zero-order chi connectivity index (χ0) is 55.7. The van der Waals surface area contributed by atoms with Crippen LogP contribution in [-0.4, -0.2) is 152 Å². The fourth-order valence-electron chi connectivity index (χ4n) is 8.72. The zero-order valence-electron chi connectivity index (χ0n) is 46.6. The average molecular weight is 1080 g/mol. The molecule has 424 valence electrons. The molecule has 2 aliphatic heterocycles. The van der Waals surface area contributed by atoms with Gasteiger partial charge in [-0.25, -0.2) is 4.39 Å². The molecule has 1 saturated carbocycles. The number of hydrogen-bond donors (Lipinski definition) is 2. The molecule has 2 N–H and O–H groups in total. The van der Waals surface area contributed by atoms with Crippen LogP contribution in [0.5, 0.6) is 0 Å². The smallest absolute Gasteiger partial charge is 0.293 e. The number of likely N-dealkylation sites (N-methyl/N-ethyl adjacent to an activating group) is 1. The molecule has 5 heterocycles. The van der Waals surface area contributed by atoms with Crippen molar-refractivity contribution in [3.63, 3.8) is 0 Å². The third kappa shape index (κ3) is 22.6. The number of carbonyl (C=O) groups is 2. The molecule has 3 aromatic heterocycles. The molecular formula is C60H83FN8O9. The van der Waals surface area contributed by atoms with Gasteiger partial charge in [0.15, 0.2) is 5.43 Å². The van der Waals surface area contributed by atoms with E-state index in [0.717, 1.165) is 72.4 Å². The molecule has 78 heavy (non-hydrogen) atoms. The van der Waals surface area contributed by atoms with Crippen molar-refractivity contribution in [2.45, 2.75) is 90.6 Å². The first kappa shape index (κ1) is 62.5. The van der Waals surface area contributed by atoms with Crippen LogP contribution in [-0.2, 0) is 57.7 Å². The molecule has 17 nitrogen and oxygen atoms in total. The number of ether oxygens (including phenoxy) is 6. The van der Waals surface area contributed by atoms with Crippen molar-refractivity contribution in [1.82, 2.24) is 24.8 Å². The van der Waals surface area contributed by atoms with Gasteiger partial charge >= 0.3 is 0 Å². The Labute approximate surface area is 461 Å².